The summed E-state index contributed by atoms with van der Waals surface area (Å²) in [4.78, 5) is 0. The molecule has 1 unspecified atom stereocenters. The summed E-state index contributed by atoms with van der Waals surface area (Å²) in [6.45, 7) is 0. The van der Waals surface area contributed by atoms with Crippen LogP contribution in [0.5, 0.6) is 0 Å². The fraction of sp³-hybridized carbons (Fsp3) is 0.143. The molecule has 0 amide bonds. The van der Waals surface area contributed by atoms with E-state index in [0.29, 0.717) is 21.5 Å². The van der Waals surface area contributed by atoms with Gasteiger partial charge in [0.15, 0.2) is 0 Å². The van der Waals surface area contributed by atoms with E-state index in [0.717, 1.165) is 11.1 Å². The number of halogens is 4. The van der Waals surface area contributed by atoms with Crippen molar-refractivity contribution in [2.24, 2.45) is 0 Å². The lowest BCUT2D eigenvalue weighted by Crippen LogP contribution is -1.96. The molecule has 1 atom stereocenters. The standard InChI is InChI=1S/C14H10Cl4/c15-11-3-1-2-9(6-11)7-13(17)10-4-5-12(16)14(18)8-10/h1-6,8,13H,7H2. The maximum absolute atomic E-state index is 6.37. The minimum atomic E-state index is -0.154. The Kier molecular flexibility index (Phi) is 4.80. The molecular formula is C14H10Cl4. The molecule has 2 rings (SSSR count). The molecule has 0 saturated carbocycles. The Morgan fingerprint density at radius 2 is 1.67 bits per heavy atom. The molecule has 2 aromatic carbocycles. The second-order valence-electron chi connectivity index (χ2n) is 3.98. The molecule has 0 bridgehead atoms. The van der Waals surface area contributed by atoms with Gasteiger partial charge in [-0.3, -0.25) is 0 Å². The van der Waals surface area contributed by atoms with Crippen molar-refractivity contribution in [2.45, 2.75) is 11.8 Å². The van der Waals surface area contributed by atoms with E-state index in [9.17, 15) is 0 Å². The SMILES string of the molecule is Clc1cccc(CC(Cl)c2ccc(Cl)c(Cl)c2)c1. The van der Waals surface area contributed by atoms with Crippen molar-refractivity contribution in [3.8, 4) is 0 Å². The molecule has 94 valence electrons. The molecular weight excluding hydrogens is 310 g/mol. The fourth-order valence-corrected chi connectivity index (χ4v) is 2.53. The van der Waals surface area contributed by atoms with Gasteiger partial charge in [-0.1, -0.05) is 53.0 Å². The van der Waals surface area contributed by atoms with Crippen LogP contribution >= 0.6 is 46.4 Å². The Balaban J connectivity index is 2.16. The Hall–Kier alpha value is -0.400. The molecule has 0 fully saturated rings. The highest BCUT2D eigenvalue weighted by atomic mass is 35.5. The summed E-state index contributed by atoms with van der Waals surface area (Å²) in [6, 6.07) is 13.1. The summed E-state index contributed by atoms with van der Waals surface area (Å²) in [5, 5.41) is 1.61. The predicted octanol–water partition coefficient (Wildman–Crippen LogP) is 6.17. The normalized spacial score (nSPS) is 12.4. The van der Waals surface area contributed by atoms with E-state index >= 15 is 0 Å². The van der Waals surface area contributed by atoms with Gasteiger partial charge in [0.05, 0.1) is 15.4 Å². The van der Waals surface area contributed by atoms with Gasteiger partial charge in [-0.05, 0) is 41.8 Å². The zero-order valence-corrected chi connectivity index (χ0v) is 12.4. The van der Waals surface area contributed by atoms with E-state index in [1.165, 1.54) is 0 Å². The van der Waals surface area contributed by atoms with Gasteiger partial charge in [0.25, 0.3) is 0 Å². The van der Waals surface area contributed by atoms with Crippen molar-refractivity contribution in [3.63, 3.8) is 0 Å². The molecule has 4 heteroatoms. The molecule has 18 heavy (non-hydrogen) atoms. The van der Waals surface area contributed by atoms with Gasteiger partial charge in [-0.2, -0.15) is 0 Å². The first-order valence-corrected chi connectivity index (χ1v) is 6.97. The van der Waals surface area contributed by atoms with Gasteiger partial charge < -0.3 is 0 Å². The second-order valence-corrected chi connectivity index (χ2v) is 5.75. The zero-order valence-electron chi connectivity index (χ0n) is 9.34. The summed E-state index contributed by atoms with van der Waals surface area (Å²) in [7, 11) is 0. The molecule has 0 nitrogen and oxygen atoms in total. The van der Waals surface area contributed by atoms with Crippen LogP contribution in [0.2, 0.25) is 15.1 Å². The van der Waals surface area contributed by atoms with Crippen molar-refractivity contribution in [3.05, 3.63) is 68.7 Å². The molecule has 2 aromatic rings. The number of hydrogen-bond acceptors (Lipinski definition) is 0. The highest BCUT2D eigenvalue weighted by Gasteiger charge is 2.11. The van der Waals surface area contributed by atoms with Crippen LogP contribution in [0.1, 0.15) is 16.5 Å². The van der Waals surface area contributed by atoms with Gasteiger partial charge >= 0.3 is 0 Å². The summed E-state index contributed by atoms with van der Waals surface area (Å²) in [5.41, 5.74) is 2.04. The number of hydrogen-bond donors (Lipinski definition) is 0. The van der Waals surface area contributed by atoms with Crippen molar-refractivity contribution in [1.82, 2.24) is 0 Å². The van der Waals surface area contributed by atoms with E-state index in [1.807, 2.05) is 30.3 Å². The third-order valence-electron chi connectivity index (χ3n) is 2.61. The molecule has 0 aromatic heterocycles. The van der Waals surface area contributed by atoms with Crippen LogP contribution in [0, 0.1) is 0 Å². The average molecular weight is 320 g/mol. The molecule has 0 saturated heterocycles. The number of alkyl halides is 1. The van der Waals surface area contributed by atoms with Crippen LogP contribution in [0.3, 0.4) is 0 Å². The number of rotatable bonds is 3. The first-order valence-electron chi connectivity index (χ1n) is 5.40. The van der Waals surface area contributed by atoms with E-state index in [2.05, 4.69) is 0 Å². The highest BCUT2D eigenvalue weighted by molar-refractivity contribution is 6.42. The Labute approximate surface area is 126 Å². The first kappa shape index (κ1) is 14.0. The monoisotopic (exact) mass is 318 g/mol. The lowest BCUT2D eigenvalue weighted by Gasteiger charge is -2.11. The van der Waals surface area contributed by atoms with Gasteiger partial charge in [-0.25, -0.2) is 0 Å². The van der Waals surface area contributed by atoms with Crippen LogP contribution < -0.4 is 0 Å². The van der Waals surface area contributed by atoms with Crippen LogP contribution in [0.4, 0.5) is 0 Å². The third kappa shape index (κ3) is 3.55. The second kappa shape index (κ2) is 6.16. The zero-order chi connectivity index (χ0) is 13.1. The van der Waals surface area contributed by atoms with Crippen LogP contribution in [0.15, 0.2) is 42.5 Å². The minimum Gasteiger partial charge on any atom is -0.117 e. The fourth-order valence-electron chi connectivity index (χ4n) is 1.70. The Morgan fingerprint density at radius 1 is 0.889 bits per heavy atom. The van der Waals surface area contributed by atoms with Gasteiger partial charge in [0.2, 0.25) is 0 Å². The highest BCUT2D eigenvalue weighted by Crippen LogP contribution is 2.31. The molecule has 0 heterocycles. The summed E-state index contributed by atoms with van der Waals surface area (Å²) >= 11 is 24.2. The summed E-state index contributed by atoms with van der Waals surface area (Å²) < 4.78 is 0. The number of benzene rings is 2. The average Bonchev–Trinajstić information content (AvgIpc) is 2.32. The summed E-state index contributed by atoms with van der Waals surface area (Å²) in [6.07, 6.45) is 0.695. The van der Waals surface area contributed by atoms with Crippen LogP contribution in [-0.2, 0) is 6.42 Å². The maximum atomic E-state index is 6.37. The Bertz CT molecular complexity index is 551. The lowest BCUT2D eigenvalue weighted by molar-refractivity contribution is 0.920. The van der Waals surface area contributed by atoms with Crippen LogP contribution in [0.25, 0.3) is 0 Å². The summed E-state index contributed by atoms with van der Waals surface area (Å²) in [5.74, 6) is 0. The maximum Gasteiger partial charge on any atom is 0.0626 e. The largest absolute Gasteiger partial charge is 0.117 e. The van der Waals surface area contributed by atoms with E-state index in [1.54, 1.807) is 12.1 Å². The van der Waals surface area contributed by atoms with Crippen molar-refractivity contribution >= 4 is 46.4 Å². The molecule has 0 N–H and O–H groups in total. The van der Waals surface area contributed by atoms with Crippen molar-refractivity contribution in [2.75, 3.05) is 0 Å². The van der Waals surface area contributed by atoms with Gasteiger partial charge in [-0.15, -0.1) is 11.6 Å². The molecule has 0 aliphatic rings. The lowest BCUT2D eigenvalue weighted by atomic mass is 10.0. The van der Waals surface area contributed by atoms with Gasteiger partial charge in [0.1, 0.15) is 0 Å². The minimum absolute atomic E-state index is 0.154. The predicted molar refractivity (Wildman–Crippen MR) is 80.2 cm³/mol. The quantitative estimate of drug-likeness (QED) is 0.593. The molecule has 0 aliphatic heterocycles. The topological polar surface area (TPSA) is 0 Å². The molecule has 0 radical (unpaired) electrons. The Morgan fingerprint density at radius 3 is 2.33 bits per heavy atom. The van der Waals surface area contributed by atoms with E-state index in [4.69, 9.17) is 46.4 Å². The molecule has 0 aliphatic carbocycles. The van der Waals surface area contributed by atoms with E-state index in [-0.39, 0.29) is 5.38 Å². The molecule has 0 spiro atoms. The third-order valence-corrected chi connectivity index (χ3v) is 3.99. The van der Waals surface area contributed by atoms with Crippen molar-refractivity contribution in [1.29, 1.82) is 0 Å². The van der Waals surface area contributed by atoms with E-state index < -0.39 is 0 Å². The van der Waals surface area contributed by atoms with Crippen LogP contribution in [-0.4, -0.2) is 0 Å². The smallest absolute Gasteiger partial charge is 0.0626 e. The first-order chi connectivity index (χ1) is 8.56. The van der Waals surface area contributed by atoms with Crippen molar-refractivity contribution < 1.29 is 0 Å². The van der Waals surface area contributed by atoms with Gasteiger partial charge in [0, 0.05) is 5.02 Å².